The van der Waals surface area contributed by atoms with Gasteiger partial charge in [0.25, 0.3) is 0 Å². The summed E-state index contributed by atoms with van der Waals surface area (Å²) in [4.78, 5) is 24.4. The molecule has 1 aliphatic rings. The number of carbonyl (C=O) groups is 2. The maximum Gasteiger partial charge on any atom is 0.240 e. The van der Waals surface area contributed by atoms with Crippen LogP contribution in [-0.4, -0.2) is 45.9 Å². The number of rotatable bonds is 3. The first kappa shape index (κ1) is 12.9. The molecule has 5 heteroatoms. The van der Waals surface area contributed by atoms with E-state index in [1.807, 2.05) is 0 Å². The third kappa shape index (κ3) is 3.71. The normalized spacial score (nSPS) is 22.5. The number of piperidine rings is 1. The predicted molar refractivity (Wildman–Crippen MR) is 66.7 cm³/mol. The number of Topliss-reactive ketones (excluding diaryl/α,β-unsaturated/α-hetero) is 1. The van der Waals surface area contributed by atoms with Crippen molar-refractivity contribution >= 4 is 34.6 Å². The molecule has 0 radical (unpaired) electrons. The minimum Gasteiger partial charge on any atom is -0.337 e. The summed E-state index contributed by atoms with van der Waals surface area (Å²) in [5.74, 6) is 0.0981. The van der Waals surface area contributed by atoms with Gasteiger partial charge in [0.1, 0.15) is 5.78 Å². The third-order valence-corrected chi connectivity index (χ3v) is 3.71. The van der Waals surface area contributed by atoms with Gasteiger partial charge in [0, 0.05) is 36.5 Å². The fourth-order valence-corrected chi connectivity index (χ4v) is 2.66. The Hall–Kier alpha value is -0.170. The lowest BCUT2D eigenvalue weighted by Crippen LogP contribution is -2.46. The molecule has 0 aromatic heterocycles. The summed E-state index contributed by atoms with van der Waals surface area (Å²) in [5, 5.41) is 0. The van der Waals surface area contributed by atoms with Gasteiger partial charge < -0.3 is 4.90 Å². The predicted octanol–water partition coefficient (Wildman–Crippen LogP) is 1.24. The zero-order chi connectivity index (χ0) is 11.4. The zero-order valence-corrected chi connectivity index (χ0v) is 11.4. The average Bonchev–Trinajstić information content (AvgIpc) is 2.16. The summed E-state index contributed by atoms with van der Waals surface area (Å²) in [5.41, 5.74) is 0. The molecule has 0 bridgehead atoms. The van der Waals surface area contributed by atoms with E-state index < -0.39 is 0 Å². The monoisotopic (exact) mass is 324 g/mol. The van der Waals surface area contributed by atoms with Crippen LogP contribution in [-0.2, 0) is 9.59 Å². The number of halogens is 1. The number of ketones is 1. The first-order chi connectivity index (χ1) is 7.02. The summed E-state index contributed by atoms with van der Waals surface area (Å²) >= 11 is 2.20. The zero-order valence-electron chi connectivity index (χ0n) is 9.20. The second kappa shape index (κ2) is 5.79. The Bertz CT molecular complexity index is 258. The molecule has 0 aliphatic carbocycles. The maximum absolute atomic E-state index is 12.0. The number of amides is 1. The van der Waals surface area contributed by atoms with Gasteiger partial charge in [0.2, 0.25) is 5.91 Å². The lowest BCUT2D eigenvalue weighted by molar-refractivity contribution is -0.137. The largest absolute Gasteiger partial charge is 0.337 e. The Morgan fingerprint density at radius 3 is 2.67 bits per heavy atom. The van der Waals surface area contributed by atoms with Crippen LogP contribution in [0.2, 0.25) is 0 Å². The molecule has 0 aromatic carbocycles. The maximum atomic E-state index is 12.0. The van der Waals surface area contributed by atoms with E-state index in [1.165, 1.54) is 11.8 Å². The Morgan fingerprint density at radius 1 is 1.47 bits per heavy atom. The van der Waals surface area contributed by atoms with Gasteiger partial charge in [0.05, 0.1) is 12.6 Å². The van der Waals surface area contributed by atoms with Gasteiger partial charge in [0.15, 0.2) is 0 Å². The van der Waals surface area contributed by atoms with Crippen LogP contribution in [0.4, 0.5) is 0 Å². The van der Waals surface area contributed by atoms with Gasteiger partial charge in [-0.3, -0.25) is 9.59 Å². The van der Waals surface area contributed by atoms with Gasteiger partial charge in [-0.15, -0.1) is 0 Å². The van der Waals surface area contributed by atoms with E-state index in [4.69, 9.17) is 0 Å². The first-order valence-corrected chi connectivity index (χ1v) is 6.15. The molecule has 1 heterocycles. The van der Waals surface area contributed by atoms with Crippen molar-refractivity contribution in [3.63, 3.8) is 0 Å². The highest BCUT2D eigenvalue weighted by atomic mass is 127. The van der Waals surface area contributed by atoms with E-state index in [2.05, 4.69) is 26.0 Å². The lowest BCUT2D eigenvalue weighted by atomic mass is 10.0. The van der Waals surface area contributed by atoms with Crippen molar-refractivity contribution in [2.24, 2.45) is 0 Å². The van der Waals surface area contributed by atoms with Crippen LogP contribution in [0.3, 0.4) is 0 Å². The molecule has 1 rings (SSSR count). The van der Waals surface area contributed by atoms with E-state index in [0.29, 0.717) is 0 Å². The van der Waals surface area contributed by atoms with E-state index in [0.717, 1.165) is 25.8 Å². The van der Waals surface area contributed by atoms with Gasteiger partial charge in [-0.25, -0.2) is 3.11 Å². The average molecular weight is 324 g/mol. The SMILES string of the molecule is CC(=O)CN(C)C(=O)[C@H]1CCCCN1I. The van der Waals surface area contributed by atoms with Crippen molar-refractivity contribution < 1.29 is 9.59 Å². The second-order valence-electron chi connectivity index (χ2n) is 4.03. The molecular formula is C10H17IN2O2. The van der Waals surface area contributed by atoms with Crippen LogP contribution in [0.1, 0.15) is 26.2 Å². The third-order valence-electron chi connectivity index (χ3n) is 2.56. The summed E-state index contributed by atoms with van der Waals surface area (Å²) in [7, 11) is 1.70. The highest BCUT2D eigenvalue weighted by Crippen LogP contribution is 2.21. The Labute approximate surface area is 104 Å². The minimum absolute atomic E-state index is 0.0293. The summed E-state index contributed by atoms with van der Waals surface area (Å²) < 4.78 is 2.06. The molecule has 1 amide bonds. The Kier molecular flexibility index (Phi) is 4.98. The number of carbonyl (C=O) groups excluding carboxylic acids is 2. The number of hydrogen-bond acceptors (Lipinski definition) is 3. The van der Waals surface area contributed by atoms with Gasteiger partial charge >= 0.3 is 0 Å². The van der Waals surface area contributed by atoms with Crippen LogP contribution in [0.15, 0.2) is 0 Å². The van der Waals surface area contributed by atoms with Crippen LogP contribution in [0, 0.1) is 0 Å². The fraction of sp³-hybridized carbons (Fsp3) is 0.800. The van der Waals surface area contributed by atoms with Crippen molar-refractivity contribution in [1.82, 2.24) is 8.01 Å². The van der Waals surface area contributed by atoms with Gasteiger partial charge in [-0.1, -0.05) is 6.42 Å². The molecule has 4 nitrogen and oxygen atoms in total. The minimum atomic E-state index is -0.0382. The molecule has 1 fully saturated rings. The smallest absolute Gasteiger partial charge is 0.240 e. The van der Waals surface area contributed by atoms with Crippen LogP contribution in [0.5, 0.6) is 0 Å². The van der Waals surface area contributed by atoms with E-state index in [-0.39, 0.29) is 24.3 Å². The van der Waals surface area contributed by atoms with Crippen molar-refractivity contribution in [1.29, 1.82) is 0 Å². The van der Waals surface area contributed by atoms with Gasteiger partial charge in [-0.05, 0) is 19.8 Å². The Morgan fingerprint density at radius 2 is 2.13 bits per heavy atom. The van der Waals surface area contributed by atoms with Crippen molar-refractivity contribution in [3.8, 4) is 0 Å². The molecule has 0 spiro atoms. The van der Waals surface area contributed by atoms with Crippen molar-refractivity contribution in [2.75, 3.05) is 20.1 Å². The molecule has 1 saturated heterocycles. The lowest BCUT2D eigenvalue weighted by Gasteiger charge is -2.32. The Balaban J connectivity index is 2.54. The topological polar surface area (TPSA) is 40.6 Å². The molecular weight excluding hydrogens is 307 g/mol. The highest BCUT2D eigenvalue weighted by Gasteiger charge is 2.29. The molecule has 0 N–H and O–H groups in total. The van der Waals surface area contributed by atoms with Crippen molar-refractivity contribution in [3.05, 3.63) is 0 Å². The number of nitrogens with zero attached hydrogens (tertiary/aromatic N) is 2. The summed E-state index contributed by atoms with van der Waals surface area (Å²) in [6.45, 7) is 2.69. The quantitative estimate of drug-likeness (QED) is 0.579. The standard InChI is InChI=1S/C10H17IN2O2/c1-8(14)7-12(2)10(15)9-5-3-4-6-13(9)11/h9H,3-7H2,1-2H3/t9-/m1/s1. The molecule has 1 atom stereocenters. The number of hydrogen-bond donors (Lipinski definition) is 0. The summed E-state index contributed by atoms with van der Waals surface area (Å²) in [6, 6.07) is -0.0382. The van der Waals surface area contributed by atoms with E-state index in [9.17, 15) is 9.59 Å². The first-order valence-electron chi connectivity index (χ1n) is 5.19. The summed E-state index contributed by atoms with van der Waals surface area (Å²) in [6.07, 6.45) is 3.16. The fourth-order valence-electron chi connectivity index (χ4n) is 1.81. The molecule has 0 unspecified atom stereocenters. The van der Waals surface area contributed by atoms with Gasteiger partial charge in [-0.2, -0.15) is 0 Å². The second-order valence-corrected chi connectivity index (χ2v) is 5.27. The molecule has 0 saturated carbocycles. The molecule has 86 valence electrons. The van der Waals surface area contributed by atoms with Crippen LogP contribution < -0.4 is 0 Å². The van der Waals surface area contributed by atoms with Crippen molar-refractivity contribution in [2.45, 2.75) is 32.2 Å². The highest BCUT2D eigenvalue weighted by molar-refractivity contribution is 14.1. The number of likely N-dealkylation sites (N-methyl/N-ethyl adjacent to an activating group) is 1. The van der Waals surface area contributed by atoms with E-state index >= 15 is 0 Å². The van der Waals surface area contributed by atoms with Crippen LogP contribution >= 0.6 is 22.9 Å². The van der Waals surface area contributed by atoms with Crippen LogP contribution in [0.25, 0.3) is 0 Å². The molecule has 15 heavy (non-hydrogen) atoms. The molecule has 1 aliphatic heterocycles. The molecule has 0 aromatic rings. The van der Waals surface area contributed by atoms with E-state index in [1.54, 1.807) is 7.05 Å².